The first kappa shape index (κ1) is 14.4. The summed E-state index contributed by atoms with van der Waals surface area (Å²) in [6, 6.07) is 1.92. The van der Waals surface area contributed by atoms with Crippen molar-refractivity contribution in [2.45, 2.75) is 40.0 Å². The number of aliphatic carboxylic acids is 1. The molecule has 1 rings (SSSR count). The maximum Gasteiger partial charge on any atom is 0.303 e. The Hall–Kier alpha value is -1.65. The molecule has 2 N–H and O–H groups in total. The van der Waals surface area contributed by atoms with Crippen LogP contribution in [0.2, 0.25) is 0 Å². The van der Waals surface area contributed by atoms with Gasteiger partial charge in [0.15, 0.2) is 0 Å². The Morgan fingerprint density at radius 3 is 2.72 bits per heavy atom. The lowest BCUT2D eigenvalue weighted by Crippen LogP contribution is -2.18. The summed E-state index contributed by atoms with van der Waals surface area (Å²) in [6.07, 6.45) is 1.89. The molecular formula is C13H21N3O2. The second-order valence-electron chi connectivity index (χ2n) is 4.40. The van der Waals surface area contributed by atoms with E-state index < -0.39 is 5.97 Å². The van der Waals surface area contributed by atoms with Crippen LogP contribution in [0.4, 0.5) is 5.82 Å². The molecule has 0 saturated carbocycles. The van der Waals surface area contributed by atoms with Crippen molar-refractivity contribution >= 4 is 11.8 Å². The lowest BCUT2D eigenvalue weighted by atomic mass is 10.0. The number of rotatable bonds is 7. The second kappa shape index (κ2) is 6.93. The Kier molecular flexibility index (Phi) is 5.55. The molecule has 0 aliphatic heterocycles. The zero-order valence-corrected chi connectivity index (χ0v) is 11.2. The van der Waals surface area contributed by atoms with E-state index in [1.807, 2.05) is 26.8 Å². The number of aryl methyl sites for hydroxylation is 2. The number of nitrogens with one attached hydrogen (secondary N) is 1. The first-order valence-electron chi connectivity index (χ1n) is 6.35. The van der Waals surface area contributed by atoms with Crippen molar-refractivity contribution in [3.63, 3.8) is 0 Å². The number of anilines is 1. The van der Waals surface area contributed by atoms with Crippen molar-refractivity contribution in [1.82, 2.24) is 9.97 Å². The van der Waals surface area contributed by atoms with Crippen LogP contribution in [-0.2, 0) is 11.2 Å². The SMILES string of the molecule is CCc1cc(NCC(CC)CC(=O)O)nc(C)n1. The topological polar surface area (TPSA) is 75.1 Å². The van der Waals surface area contributed by atoms with Crippen molar-refractivity contribution in [1.29, 1.82) is 0 Å². The lowest BCUT2D eigenvalue weighted by Gasteiger charge is -2.14. The smallest absolute Gasteiger partial charge is 0.303 e. The third-order valence-corrected chi connectivity index (χ3v) is 2.87. The maximum atomic E-state index is 10.7. The highest BCUT2D eigenvalue weighted by atomic mass is 16.4. The highest BCUT2D eigenvalue weighted by molar-refractivity contribution is 5.67. The number of carboxylic acids is 1. The number of nitrogens with zero attached hydrogens (tertiary/aromatic N) is 2. The second-order valence-corrected chi connectivity index (χ2v) is 4.40. The van der Waals surface area contributed by atoms with E-state index in [2.05, 4.69) is 15.3 Å². The summed E-state index contributed by atoms with van der Waals surface area (Å²) in [4.78, 5) is 19.3. The molecule has 1 aromatic heterocycles. The normalized spacial score (nSPS) is 12.2. The molecule has 5 nitrogen and oxygen atoms in total. The van der Waals surface area contributed by atoms with Crippen molar-refractivity contribution < 1.29 is 9.90 Å². The Morgan fingerprint density at radius 2 is 2.17 bits per heavy atom. The first-order chi connectivity index (χ1) is 8.55. The molecule has 1 atom stereocenters. The van der Waals surface area contributed by atoms with Gasteiger partial charge in [0.05, 0.1) is 0 Å². The average molecular weight is 251 g/mol. The van der Waals surface area contributed by atoms with Gasteiger partial charge in [-0.05, 0) is 19.3 Å². The number of carbonyl (C=O) groups is 1. The molecule has 0 aliphatic rings. The third kappa shape index (κ3) is 4.69. The minimum absolute atomic E-state index is 0.128. The van der Waals surface area contributed by atoms with E-state index in [4.69, 9.17) is 5.11 Å². The Balaban J connectivity index is 2.61. The van der Waals surface area contributed by atoms with E-state index in [9.17, 15) is 4.79 Å². The molecule has 100 valence electrons. The van der Waals surface area contributed by atoms with Crippen LogP contribution < -0.4 is 5.32 Å². The molecule has 0 fully saturated rings. The largest absolute Gasteiger partial charge is 0.481 e. The van der Waals surface area contributed by atoms with Crippen LogP contribution in [0.1, 0.15) is 38.2 Å². The maximum absolute atomic E-state index is 10.7. The van der Waals surface area contributed by atoms with Gasteiger partial charge in [-0.2, -0.15) is 0 Å². The molecule has 0 aromatic carbocycles. The number of carboxylic acid groups (broad SMARTS) is 1. The first-order valence-corrected chi connectivity index (χ1v) is 6.35. The van der Waals surface area contributed by atoms with Gasteiger partial charge in [0.25, 0.3) is 0 Å². The minimum atomic E-state index is -0.753. The van der Waals surface area contributed by atoms with Crippen molar-refractivity contribution in [2.75, 3.05) is 11.9 Å². The molecule has 1 unspecified atom stereocenters. The highest BCUT2D eigenvalue weighted by Crippen LogP contribution is 2.12. The molecular weight excluding hydrogens is 230 g/mol. The van der Waals surface area contributed by atoms with E-state index in [1.165, 1.54) is 0 Å². The molecule has 0 aliphatic carbocycles. The van der Waals surface area contributed by atoms with Crippen molar-refractivity contribution in [3.05, 3.63) is 17.6 Å². The molecule has 0 bridgehead atoms. The van der Waals surface area contributed by atoms with Gasteiger partial charge in [0, 0.05) is 24.7 Å². The molecule has 0 radical (unpaired) electrons. The predicted octanol–water partition coefficient (Wildman–Crippen LogP) is 2.26. The van der Waals surface area contributed by atoms with Crippen molar-refractivity contribution in [2.24, 2.45) is 5.92 Å². The summed E-state index contributed by atoms with van der Waals surface area (Å²) in [5.41, 5.74) is 0.997. The summed E-state index contributed by atoms with van der Waals surface area (Å²) >= 11 is 0. The van der Waals surface area contributed by atoms with E-state index in [1.54, 1.807) is 0 Å². The van der Waals surface area contributed by atoms with Gasteiger partial charge < -0.3 is 10.4 Å². The fourth-order valence-corrected chi connectivity index (χ4v) is 1.76. The quantitative estimate of drug-likeness (QED) is 0.777. The zero-order chi connectivity index (χ0) is 13.5. The van der Waals surface area contributed by atoms with Gasteiger partial charge in [-0.3, -0.25) is 4.79 Å². The fourth-order valence-electron chi connectivity index (χ4n) is 1.76. The zero-order valence-electron chi connectivity index (χ0n) is 11.2. The van der Waals surface area contributed by atoms with E-state index >= 15 is 0 Å². The number of aromatic nitrogens is 2. The van der Waals surface area contributed by atoms with E-state index in [0.717, 1.165) is 30.2 Å². The molecule has 0 amide bonds. The molecule has 0 spiro atoms. The summed E-state index contributed by atoms with van der Waals surface area (Å²) in [6.45, 7) is 6.53. The Bertz CT molecular complexity index is 407. The van der Waals surface area contributed by atoms with Gasteiger partial charge in [-0.25, -0.2) is 9.97 Å². The van der Waals surface area contributed by atoms with Crippen LogP contribution in [0.3, 0.4) is 0 Å². The average Bonchev–Trinajstić information content (AvgIpc) is 2.33. The minimum Gasteiger partial charge on any atom is -0.481 e. The number of hydrogen-bond donors (Lipinski definition) is 2. The van der Waals surface area contributed by atoms with Crippen LogP contribution in [0, 0.1) is 12.8 Å². The van der Waals surface area contributed by atoms with Gasteiger partial charge >= 0.3 is 5.97 Å². The molecule has 1 aromatic rings. The monoisotopic (exact) mass is 251 g/mol. The summed E-state index contributed by atoms with van der Waals surface area (Å²) < 4.78 is 0. The summed E-state index contributed by atoms with van der Waals surface area (Å²) in [5.74, 6) is 0.894. The highest BCUT2D eigenvalue weighted by Gasteiger charge is 2.11. The van der Waals surface area contributed by atoms with Gasteiger partial charge in [-0.15, -0.1) is 0 Å². The predicted molar refractivity (Wildman–Crippen MR) is 70.7 cm³/mol. The molecule has 1 heterocycles. The molecule has 18 heavy (non-hydrogen) atoms. The fraction of sp³-hybridized carbons (Fsp3) is 0.615. The van der Waals surface area contributed by atoms with Crippen LogP contribution in [0.5, 0.6) is 0 Å². The van der Waals surface area contributed by atoms with Gasteiger partial charge in [0.2, 0.25) is 0 Å². The van der Waals surface area contributed by atoms with Crippen LogP contribution in [0.25, 0.3) is 0 Å². The van der Waals surface area contributed by atoms with Crippen LogP contribution in [0.15, 0.2) is 6.07 Å². The number of hydrogen-bond acceptors (Lipinski definition) is 4. The summed E-state index contributed by atoms with van der Waals surface area (Å²) in [7, 11) is 0. The van der Waals surface area contributed by atoms with Crippen LogP contribution >= 0.6 is 0 Å². The Morgan fingerprint density at radius 1 is 1.44 bits per heavy atom. The van der Waals surface area contributed by atoms with Crippen LogP contribution in [-0.4, -0.2) is 27.6 Å². The van der Waals surface area contributed by atoms with Crippen molar-refractivity contribution in [3.8, 4) is 0 Å². The standard InChI is InChI=1S/C13H21N3O2/c1-4-10(6-13(17)18)8-14-12-7-11(5-2)15-9(3)16-12/h7,10H,4-6,8H2,1-3H3,(H,17,18)(H,14,15,16). The van der Waals surface area contributed by atoms with Gasteiger partial charge in [0.1, 0.15) is 11.6 Å². The van der Waals surface area contributed by atoms with E-state index in [0.29, 0.717) is 6.54 Å². The Labute approximate surface area is 108 Å². The molecule has 5 heteroatoms. The lowest BCUT2D eigenvalue weighted by molar-refractivity contribution is -0.138. The molecule has 0 saturated heterocycles. The van der Waals surface area contributed by atoms with Gasteiger partial charge in [-0.1, -0.05) is 20.3 Å². The third-order valence-electron chi connectivity index (χ3n) is 2.87. The summed E-state index contributed by atoms with van der Waals surface area (Å²) in [5, 5.41) is 12.0. The van der Waals surface area contributed by atoms with E-state index in [-0.39, 0.29) is 12.3 Å².